The van der Waals surface area contributed by atoms with Crippen molar-refractivity contribution in [2.75, 3.05) is 33.3 Å². The van der Waals surface area contributed by atoms with Gasteiger partial charge in [-0.3, -0.25) is 9.98 Å². The molecule has 0 bridgehead atoms. The van der Waals surface area contributed by atoms with Crippen LogP contribution in [-0.4, -0.2) is 72.5 Å². The second-order valence-corrected chi connectivity index (χ2v) is 9.50. The zero-order chi connectivity index (χ0) is 25.6. The molecule has 0 aliphatic carbocycles. The van der Waals surface area contributed by atoms with E-state index in [-0.39, 0.29) is 12.1 Å². The number of ether oxygens (including phenoxy) is 2. The maximum atomic E-state index is 12.3. The summed E-state index contributed by atoms with van der Waals surface area (Å²) in [5, 5.41) is 0. The molecule has 0 spiro atoms. The molecule has 1 aromatic carbocycles. The molecule has 1 aliphatic rings. The van der Waals surface area contributed by atoms with Gasteiger partial charge >= 0.3 is 12.1 Å². The lowest BCUT2D eigenvalue weighted by molar-refractivity contribution is 0.0169. The molecule has 0 unspecified atom stereocenters. The minimum Gasteiger partial charge on any atom is -0.465 e. The predicted molar refractivity (Wildman–Crippen MR) is 137 cm³/mol. The van der Waals surface area contributed by atoms with Crippen LogP contribution in [-0.2, 0) is 15.9 Å². The van der Waals surface area contributed by atoms with Crippen molar-refractivity contribution in [1.29, 1.82) is 0 Å². The van der Waals surface area contributed by atoms with Crippen LogP contribution in [0.15, 0.2) is 47.2 Å². The predicted octanol–water partition coefficient (Wildman–Crippen LogP) is 4.70. The summed E-state index contributed by atoms with van der Waals surface area (Å²) in [5.74, 6) is -0.383. The summed E-state index contributed by atoms with van der Waals surface area (Å²) in [4.78, 5) is 36.8. The van der Waals surface area contributed by atoms with Gasteiger partial charge in [0.1, 0.15) is 5.60 Å². The number of benzene rings is 1. The van der Waals surface area contributed by atoms with Gasteiger partial charge in [-0.15, -0.1) is 0 Å². The summed E-state index contributed by atoms with van der Waals surface area (Å²) < 4.78 is 10.3. The van der Waals surface area contributed by atoms with Crippen molar-refractivity contribution in [3.63, 3.8) is 0 Å². The molecule has 3 rings (SSSR count). The third-order valence-electron chi connectivity index (χ3n) is 5.68. The number of carbonyl (C=O) groups excluding carboxylic acids is 2. The molecule has 0 atom stereocenters. The number of hydrogen-bond acceptors (Lipinski definition) is 7. The highest BCUT2D eigenvalue weighted by atomic mass is 16.6. The number of carbonyl (C=O) groups is 2. The molecule has 35 heavy (non-hydrogen) atoms. The number of nitrogens with zero attached hydrogens (tertiary/aromatic N) is 4. The van der Waals surface area contributed by atoms with E-state index in [4.69, 9.17) is 9.47 Å². The first-order chi connectivity index (χ1) is 16.6. The van der Waals surface area contributed by atoms with Gasteiger partial charge in [0.2, 0.25) is 0 Å². The standard InChI is InChI=1S/C27H34N4O4/c1-19(30-11-13-31(14-12-30)26(33)35-27(2,3)4)15-22-16-20(7-8-24(22)28-5)17-23-18-21(9-10-29-23)25(32)34-6/h7-10,15-16,18H,5,11-14,17H2,1-4,6H3/b19-15+. The Kier molecular flexibility index (Phi) is 8.27. The lowest BCUT2D eigenvalue weighted by Gasteiger charge is -2.37. The van der Waals surface area contributed by atoms with Gasteiger partial charge in [0.15, 0.2) is 0 Å². The molecule has 1 fully saturated rings. The first-order valence-corrected chi connectivity index (χ1v) is 11.6. The van der Waals surface area contributed by atoms with E-state index in [1.807, 2.05) is 32.9 Å². The average molecular weight is 479 g/mol. The molecule has 1 aromatic heterocycles. The highest BCUT2D eigenvalue weighted by Gasteiger charge is 2.26. The number of hydrogen-bond donors (Lipinski definition) is 0. The van der Waals surface area contributed by atoms with Gasteiger partial charge < -0.3 is 19.3 Å². The molecule has 1 saturated heterocycles. The molecule has 8 heteroatoms. The highest BCUT2D eigenvalue weighted by molar-refractivity contribution is 5.89. The largest absolute Gasteiger partial charge is 0.465 e. The first kappa shape index (κ1) is 25.9. The second-order valence-electron chi connectivity index (χ2n) is 9.50. The van der Waals surface area contributed by atoms with E-state index in [0.717, 1.165) is 41.3 Å². The molecule has 1 amide bonds. The molecule has 8 nitrogen and oxygen atoms in total. The minimum atomic E-state index is -0.501. The Labute approximate surface area is 207 Å². The molecule has 186 valence electrons. The summed E-state index contributed by atoms with van der Waals surface area (Å²) in [5.41, 5.74) is 4.62. The van der Waals surface area contributed by atoms with Crippen molar-refractivity contribution in [3.05, 3.63) is 64.6 Å². The smallest absolute Gasteiger partial charge is 0.410 e. The normalized spacial score (nSPS) is 14.5. The van der Waals surface area contributed by atoms with Crippen molar-refractivity contribution in [2.24, 2.45) is 4.99 Å². The van der Waals surface area contributed by atoms with Crippen LogP contribution in [0.25, 0.3) is 6.08 Å². The highest BCUT2D eigenvalue weighted by Crippen LogP contribution is 2.25. The van der Waals surface area contributed by atoms with E-state index in [9.17, 15) is 9.59 Å². The van der Waals surface area contributed by atoms with Crippen LogP contribution in [0.5, 0.6) is 0 Å². The Morgan fingerprint density at radius 1 is 1.11 bits per heavy atom. The number of rotatable bonds is 6. The molecule has 1 aliphatic heterocycles. The summed E-state index contributed by atoms with van der Waals surface area (Å²) in [6.07, 6.45) is 4.00. The van der Waals surface area contributed by atoms with Crippen molar-refractivity contribution >= 4 is 30.5 Å². The fourth-order valence-electron chi connectivity index (χ4n) is 3.89. The first-order valence-electron chi connectivity index (χ1n) is 11.6. The van der Waals surface area contributed by atoms with Crippen LogP contribution in [0.2, 0.25) is 0 Å². The number of methoxy groups -OCH3 is 1. The van der Waals surface area contributed by atoms with E-state index in [1.165, 1.54) is 7.11 Å². The van der Waals surface area contributed by atoms with E-state index in [2.05, 4.69) is 40.7 Å². The van der Waals surface area contributed by atoms with Crippen LogP contribution < -0.4 is 0 Å². The maximum absolute atomic E-state index is 12.3. The monoisotopic (exact) mass is 478 g/mol. The van der Waals surface area contributed by atoms with Crippen molar-refractivity contribution < 1.29 is 19.1 Å². The van der Waals surface area contributed by atoms with Crippen LogP contribution >= 0.6 is 0 Å². The maximum Gasteiger partial charge on any atom is 0.410 e. The SMILES string of the molecule is C=Nc1ccc(Cc2cc(C(=O)OC)ccn2)cc1/C=C(\C)N1CCN(C(=O)OC(C)(C)C)CC1. The quantitative estimate of drug-likeness (QED) is 0.442. The number of allylic oxidation sites excluding steroid dienone is 1. The molecule has 0 saturated carbocycles. The number of amides is 1. The van der Waals surface area contributed by atoms with Gasteiger partial charge in [0.05, 0.1) is 18.4 Å². The van der Waals surface area contributed by atoms with Gasteiger partial charge in [0.25, 0.3) is 0 Å². The Bertz CT molecular complexity index is 1110. The molecular formula is C27H34N4O4. The lowest BCUT2D eigenvalue weighted by atomic mass is 10.0. The minimum absolute atomic E-state index is 0.269. The Balaban J connectivity index is 1.72. The average Bonchev–Trinajstić information content (AvgIpc) is 2.83. The zero-order valence-corrected chi connectivity index (χ0v) is 21.2. The Hall–Kier alpha value is -3.68. The van der Waals surface area contributed by atoms with Crippen LogP contribution in [0.3, 0.4) is 0 Å². The van der Waals surface area contributed by atoms with Crippen molar-refractivity contribution in [2.45, 2.75) is 39.7 Å². The molecular weight excluding hydrogens is 444 g/mol. The van der Waals surface area contributed by atoms with Crippen molar-refractivity contribution in [1.82, 2.24) is 14.8 Å². The third-order valence-corrected chi connectivity index (χ3v) is 5.68. The molecule has 2 aromatic rings. The number of aromatic nitrogens is 1. The van der Waals surface area contributed by atoms with E-state index < -0.39 is 5.60 Å². The Morgan fingerprint density at radius 2 is 1.80 bits per heavy atom. The Morgan fingerprint density at radius 3 is 2.43 bits per heavy atom. The number of aliphatic imine (C=N–C) groups is 1. The van der Waals surface area contributed by atoms with Gasteiger partial charge in [-0.25, -0.2) is 9.59 Å². The lowest BCUT2D eigenvalue weighted by Crippen LogP contribution is -2.49. The van der Waals surface area contributed by atoms with Crippen molar-refractivity contribution in [3.8, 4) is 0 Å². The van der Waals surface area contributed by atoms with E-state index in [1.54, 1.807) is 23.2 Å². The third kappa shape index (κ3) is 7.15. The molecule has 0 radical (unpaired) electrons. The van der Waals surface area contributed by atoms with Gasteiger partial charge in [0, 0.05) is 55.8 Å². The number of piperazine rings is 1. The number of esters is 1. The van der Waals surface area contributed by atoms with E-state index in [0.29, 0.717) is 25.1 Å². The summed E-state index contributed by atoms with van der Waals surface area (Å²) in [7, 11) is 1.36. The van der Waals surface area contributed by atoms with Gasteiger partial charge in [-0.1, -0.05) is 6.07 Å². The van der Waals surface area contributed by atoms with E-state index >= 15 is 0 Å². The van der Waals surface area contributed by atoms with Crippen LogP contribution in [0.4, 0.5) is 10.5 Å². The fourth-order valence-corrected chi connectivity index (χ4v) is 3.89. The summed E-state index contributed by atoms with van der Waals surface area (Å²) >= 11 is 0. The second kappa shape index (κ2) is 11.2. The van der Waals surface area contributed by atoms with Crippen LogP contribution in [0.1, 0.15) is 54.9 Å². The molecule has 2 heterocycles. The van der Waals surface area contributed by atoms with Crippen LogP contribution in [0, 0.1) is 0 Å². The number of pyridine rings is 1. The fraction of sp³-hybridized carbons (Fsp3) is 0.407. The van der Waals surface area contributed by atoms with Gasteiger partial charge in [-0.05, 0) is 70.3 Å². The molecule has 0 N–H and O–H groups in total. The van der Waals surface area contributed by atoms with Gasteiger partial charge in [-0.2, -0.15) is 0 Å². The summed E-state index contributed by atoms with van der Waals surface area (Å²) in [6.45, 7) is 14.1. The zero-order valence-electron chi connectivity index (χ0n) is 21.2. The summed E-state index contributed by atoms with van der Waals surface area (Å²) in [6, 6.07) is 9.38. The topological polar surface area (TPSA) is 84.3 Å².